The van der Waals surface area contributed by atoms with Gasteiger partial charge >= 0.3 is 5.97 Å². The van der Waals surface area contributed by atoms with Crippen molar-refractivity contribution in [2.24, 2.45) is 0 Å². The summed E-state index contributed by atoms with van der Waals surface area (Å²) in [6, 6.07) is 15.5. The van der Waals surface area contributed by atoms with E-state index in [2.05, 4.69) is 10.3 Å². The van der Waals surface area contributed by atoms with Crippen LogP contribution in [0.5, 0.6) is 5.75 Å². The van der Waals surface area contributed by atoms with Crippen LogP contribution in [0.25, 0.3) is 10.6 Å². The summed E-state index contributed by atoms with van der Waals surface area (Å²) in [6.45, 7) is 0. The Balaban J connectivity index is 1.83. The van der Waals surface area contributed by atoms with Gasteiger partial charge in [-0.2, -0.15) is 0 Å². The molecule has 6 nitrogen and oxygen atoms in total. The Morgan fingerprint density at radius 3 is 2.44 bits per heavy atom. The molecule has 7 heteroatoms. The third-order valence-corrected chi connectivity index (χ3v) is 4.80. The van der Waals surface area contributed by atoms with E-state index in [0.29, 0.717) is 16.3 Å². The predicted octanol–water partition coefficient (Wildman–Crippen LogP) is 3.46. The molecule has 2 aromatic carbocycles. The Bertz CT molecular complexity index is 940. The van der Waals surface area contributed by atoms with Crippen LogP contribution >= 0.6 is 11.3 Å². The van der Waals surface area contributed by atoms with Gasteiger partial charge < -0.3 is 14.8 Å². The molecule has 1 N–H and O–H groups in total. The Labute approximate surface area is 160 Å². The molecule has 0 saturated carbocycles. The fourth-order valence-electron chi connectivity index (χ4n) is 2.57. The van der Waals surface area contributed by atoms with Gasteiger partial charge in [0.2, 0.25) is 0 Å². The monoisotopic (exact) mass is 382 g/mol. The molecule has 27 heavy (non-hydrogen) atoms. The smallest absolute Gasteiger partial charge is 0.333 e. The van der Waals surface area contributed by atoms with Crippen molar-refractivity contribution >= 4 is 23.2 Å². The fourth-order valence-corrected chi connectivity index (χ4v) is 3.40. The van der Waals surface area contributed by atoms with Crippen LogP contribution in [0, 0.1) is 0 Å². The minimum atomic E-state index is -0.903. The number of para-hydroxylation sites is 1. The second kappa shape index (κ2) is 8.46. The van der Waals surface area contributed by atoms with Gasteiger partial charge in [-0.05, 0) is 17.7 Å². The van der Waals surface area contributed by atoms with Gasteiger partial charge in [-0.25, -0.2) is 9.78 Å². The van der Waals surface area contributed by atoms with Gasteiger partial charge in [-0.1, -0.05) is 42.5 Å². The molecule has 3 aromatic rings. The molecular formula is C20H18N2O4S. The van der Waals surface area contributed by atoms with E-state index in [1.165, 1.54) is 18.4 Å². The Hall–Kier alpha value is -3.19. The van der Waals surface area contributed by atoms with E-state index in [4.69, 9.17) is 9.47 Å². The lowest BCUT2D eigenvalue weighted by Gasteiger charge is -2.16. The van der Waals surface area contributed by atoms with Crippen molar-refractivity contribution in [3.05, 3.63) is 71.2 Å². The third kappa shape index (κ3) is 4.15. The zero-order valence-corrected chi connectivity index (χ0v) is 15.7. The average molecular weight is 382 g/mol. The van der Waals surface area contributed by atoms with Gasteiger partial charge in [0.1, 0.15) is 16.5 Å². The quantitative estimate of drug-likeness (QED) is 0.661. The van der Waals surface area contributed by atoms with Crippen molar-refractivity contribution in [1.82, 2.24) is 10.3 Å². The maximum Gasteiger partial charge on any atom is 0.333 e. The molecular weight excluding hydrogens is 364 g/mol. The van der Waals surface area contributed by atoms with Crippen LogP contribution in [0.4, 0.5) is 0 Å². The second-order valence-corrected chi connectivity index (χ2v) is 6.44. The van der Waals surface area contributed by atoms with Crippen LogP contribution in [-0.2, 0) is 9.53 Å². The fraction of sp³-hybridized carbons (Fsp3) is 0.150. The number of benzene rings is 2. The molecule has 0 aliphatic heterocycles. The van der Waals surface area contributed by atoms with Crippen LogP contribution in [0.2, 0.25) is 0 Å². The van der Waals surface area contributed by atoms with Crippen LogP contribution in [-0.4, -0.2) is 31.1 Å². The van der Waals surface area contributed by atoms with Crippen molar-refractivity contribution in [3.8, 4) is 16.3 Å². The third-order valence-electron chi connectivity index (χ3n) is 3.92. The number of methoxy groups -OCH3 is 2. The minimum Gasteiger partial charge on any atom is -0.496 e. The molecule has 1 heterocycles. The lowest BCUT2D eigenvalue weighted by Crippen LogP contribution is -2.34. The molecule has 1 aromatic heterocycles. The highest BCUT2D eigenvalue weighted by molar-refractivity contribution is 7.13. The lowest BCUT2D eigenvalue weighted by atomic mass is 10.1. The molecule has 0 spiro atoms. The van der Waals surface area contributed by atoms with Crippen molar-refractivity contribution in [2.75, 3.05) is 14.2 Å². The molecule has 0 saturated heterocycles. The summed E-state index contributed by atoms with van der Waals surface area (Å²) in [7, 11) is 2.87. The summed E-state index contributed by atoms with van der Waals surface area (Å²) in [5.41, 5.74) is 1.67. The lowest BCUT2D eigenvalue weighted by molar-refractivity contribution is -0.143. The molecule has 0 aliphatic rings. The number of carbonyl (C=O) groups excluding carboxylic acids is 2. The zero-order valence-electron chi connectivity index (χ0n) is 14.8. The first kappa shape index (κ1) is 18.6. The number of nitrogens with one attached hydrogen (secondary N) is 1. The number of esters is 1. The number of hydrogen-bond donors (Lipinski definition) is 1. The second-order valence-electron chi connectivity index (χ2n) is 5.58. The summed E-state index contributed by atoms with van der Waals surface area (Å²) >= 11 is 1.33. The maximum atomic E-state index is 12.6. The van der Waals surface area contributed by atoms with Crippen molar-refractivity contribution in [2.45, 2.75) is 6.04 Å². The molecule has 0 unspecified atom stereocenters. The van der Waals surface area contributed by atoms with Crippen LogP contribution in [0.1, 0.15) is 22.1 Å². The number of nitrogens with zero attached hydrogens (tertiary/aromatic N) is 1. The van der Waals surface area contributed by atoms with Gasteiger partial charge in [0.25, 0.3) is 5.91 Å². The SMILES string of the molecule is COC(=O)[C@@H](NC(=O)c1csc(-c2ccccc2OC)n1)c1ccccc1. The zero-order chi connectivity index (χ0) is 19.2. The van der Waals surface area contributed by atoms with Crippen molar-refractivity contribution in [1.29, 1.82) is 0 Å². The van der Waals surface area contributed by atoms with Gasteiger partial charge in [-0.3, -0.25) is 4.79 Å². The molecule has 0 aliphatic carbocycles. The number of carbonyl (C=O) groups is 2. The average Bonchev–Trinajstić information content (AvgIpc) is 3.22. The predicted molar refractivity (Wildman–Crippen MR) is 103 cm³/mol. The van der Waals surface area contributed by atoms with Gasteiger partial charge in [0.05, 0.1) is 19.8 Å². The van der Waals surface area contributed by atoms with Crippen molar-refractivity contribution in [3.63, 3.8) is 0 Å². The van der Waals surface area contributed by atoms with Crippen molar-refractivity contribution < 1.29 is 19.1 Å². The number of thiazole rings is 1. The van der Waals surface area contributed by atoms with Crippen LogP contribution < -0.4 is 10.1 Å². The van der Waals surface area contributed by atoms with Gasteiger partial charge in [0.15, 0.2) is 6.04 Å². The van der Waals surface area contributed by atoms with Crippen LogP contribution in [0.15, 0.2) is 60.0 Å². The first-order chi connectivity index (χ1) is 13.1. The number of aromatic nitrogens is 1. The molecule has 138 valence electrons. The van der Waals surface area contributed by atoms with E-state index in [0.717, 1.165) is 5.56 Å². The maximum absolute atomic E-state index is 12.6. The minimum absolute atomic E-state index is 0.228. The Kier molecular flexibility index (Phi) is 5.83. The molecule has 1 amide bonds. The first-order valence-electron chi connectivity index (χ1n) is 8.16. The first-order valence-corrected chi connectivity index (χ1v) is 9.04. The topological polar surface area (TPSA) is 77.5 Å². The van der Waals surface area contributed by atoms with E-state index in [9.17, 15) is 9.59 Å². The summed E-state index contributed by atoms with van der Waals surface area (Å²) in [5, 5.41) is 5.00. The molecule has 0 fully saturated rings. The summed E-state index contributed by atoms with van der Waals surface area (Å²) < 4.78 is 10.2. The van der Waals surface area contributed by atoms with E-state index in [1.54, 1.807) is 36.8 Å². The summed E-state index contributed by atoms with van der Waals surface area (Å²) in [5.74, 6) is -0.322. The number of ether oxygens (including phenoxy) is 2. The number of hydrogen-bond acceptors (Lipinski definition) is 6. The highest BCUT2D eigenvalue weighted by atomic mass is 32.1. The van der Waals surface area contributed by atoms with Gasteiger partial charge in [0, 0.05) is 5.38 Å². The Morgan fingerprint density at radius 2 is 1.74 bits per heavy atom. The van der Waals surface area contributed by atoms with Crippen LogP contribution in [0.3, 0.4) is 0 Å². The largest absolute Gasteiger partial charge is 0.496 e. The normalized spacial score (nSPS) is 11.5. The molecule has 3 rings (SSSR count). The number of rotatable bonds is 6. The highest BCUT2D eigenvalue weighted by Crippen LogP contribution is 2.32. The summed E-state index contributed by atoms with van der Waals surface area (Å²) in [4.78, 5) is 29.2. The highest BCUT2D eigenvalue weighted by Gasteiger charge is 2.25. The molecule has 1 atom stereocenters. The van der Waals surface area contributed by atoms with E-state index in [1.807, 2.05) is 30.3 Å². The summed E-state index contributed by atoms with van der Waals surface area (Å²) in [6.07, 6.45) is 0. The number of amides is 1. The van der Waals surface area contributed by atoms with E-state index < -0.39 is 17.9 Å². The Morgan fingerprint density at radius 1 is 1.04 bits per heavy atom. The standard InChI is InChI=1S/C20H18N2O4S/c1-25-16-11-7-6-10-14(16)19-21-15(12-27-19)18(23)22-17(20(24)26-2)13-8-4-3-5-9-13/h3-12,17H,1-2H3,(H,22,23)/t17-/m0/s1. The van der Waals surface area contributed by atoms with Gasteiger partial charge in [-0.15, -0.1) is 11.3 Å². The van der Waals surface area contributed by atoms with E-state index in [-0.39, 0.29) is 5.69 Å². The molecule has 0 bridgehead atoms. The van der Waals surface area contributed by atoms with E-state index >= 15 is 0 Å². The molecule has 0 radical (unpaired) electrons.